The van der Waals surface area contributed by atoms with E-state index >= 15 is 0 Å². The minimum absolute atomic E-state index is 0.333. The number of hydrogen-bond donors (Lipinski definition) is 1. The van der Waals surface area contributed by atoms with Gasteiger partial charge in [-0.3, -0.25) is 0 Å². The van der Waals surface area contributed by atoms with Gasteiger partial charge in [-0.05, 0) is 17.5 Å². The van der Waals surface area contributed by atoms with Crippen molar-refractivity contribution in [2.24, 2.45) is 5.73 Å². The van der Waals surface area contributed by atoms with Crippen LogP contribution in [0.3, 0.4) is 0 Å². The number of hydrogen-bond acceptors (Lipinski definition) is 2. The van der Waals surface area contributed by atoms with E-state index < -0.39 is 0 Å². The first-order valence-corrected chi connectivity index (χ1v) is 6.00. The zero-order valence-electron chi connectivity index (χ0n) is 9.76. The molecule has 0 aliphatic carbocycles. The predicted octanol–water partition coefficient (Wildman–Crippen LogP) is 2.13. The van der Waals surface area contributed by atoms with E-state index in [1.54, 1.807) is 6.20 Å². The van der Waals surface area contributed by atoms with Crippen LogP contribution >= 0.6 is 12.2 Å². The summed E-state index contributed by atoms with van der Waals surface area (Å²) in [4.78, 5) is 4.48. The van der Waals surface area contributed by atoms with Crippen molar-refractivity contribution in [3.05, 3.63) is 53.6 Å². The van der Waals surface area contributed by atoms with E-state index in [2.05, 4.69) is 36.2 Å². The summed E-state index contributed by atoms with van der Waals surface area (Å²) in [5, 5.41) is 0. The maximum Gasteiger partial charge on any atom is 0.167 e. The quantitative estimate of drug-likeness (QED) is 0.839. The van der Waals surface area contributed by atoms with Crippen LogP contribution < -0.4 is 5.73 Å². The van der Waals surface area contributed by atoms with Gasteiger partial charge in [0.05, 0.1) is 0 Å². The van der Waals surface area contributed by atoms with Crippen LogP contribution in [0.25, 0.3) is 0 Å². The van der Waals surface area contributed by atoms with Crippen molar-refractivity contribution >= 4 is 17.2 Å². The summed E-state index contributed by atoms with van der Waals surface area (Å²) < 4.78 is 1.96. The highest BCUT2D eigenvalue weighted by Gasteiger charge is 2.05. The Labute approximate surface area is 106 Å². The fraction of sp³-hybridized carbons (Fsp3) is 0.231. The lowest BCUT2D eigenvalue weighted by Crippen LogP contribution is -2.17. The zero-order chi connectivity index (χ0) is 12.3. The molecule has 17 heavy (non-hydrogen) atoms. The largest absolute Gasteiger partial charge is 0.387 e. The van der Waals surface area contributed by atoms with Crippen LogP contribution in [0.5, 0.6) is 0 Å². The van der Waals surface area contributed by atoms with Crippen molar-refractivity contribution in [3.63, 3.8) is 0 Å². The minimum atomic E-state index is 0.333. The molecule has 0 aliphatic heterocycles. The molecule has 0 radical (unpaired) electrons. The average molecular weight is 245 g/mol. The molecule has 0 atom stereocenters. The molecule has 88 valence electrons. The van der Waals surface area contributed by atoms with Crippen LogP contribution in [0.1, 0.15) is 23.9 Å². The van der Waals surface area contributed by atoms with E-state index in [1.807, 2.05) is 10.8 Å². The van der Waals surface area contributed by atoms with Gasteiger partial charge in [0.15, 0.2) is 5.82 Å². The molecule has 2 aromatic rings. The Morgan fingerprint density at radius 3 is 2.53 bits per heavy atom. The second-order valence-corrected chi connectivity index (χ2v) is 4.35. The Bertz CT molecular complexity index is 514. The summed E-state index contributed by atoms with van der Waals surface area (Å²) >= 11 is 4.95. The maximum absolute atomic E-state index is 5.61. The number of nitrogens with two attached hydrogens (primary N) is 1. The maximum atomic E-state index is 5.61. The van der Waals surface area contributed by atoms with Crippen molar-refractivity contribution in [1.82, 2.24) is 9.55 Å². The third-order valence-electron chi connectivity index (χ3n) is 2.72. The van der Waals surface area contributed by atoms with Gasteiger partial charge in [0.1, 0.15) is 4.99 Å². The highest BCUT2D eigenvalue weighted by molar-refractivity contribution is 7.80. The van der Waals surface area contributed by atoms with Crippen LogP contribution in [0.2, 0.25) is 0 Å². The Hall–Kier alpha value is -1.68. The van der Waals surface area contributed by atoms with Crippen LogP contribution in [-0.2, 0) is 13.0 Å². The van der Waals surface area contributed by atoms with Gasteiger partial charge < -0.3 is 10.3 Å². The topological polar surface area (TPSA) is 43.8 Å². The molecule has 2 N–H and O–H groups in total. The molecule has 0 unspecified atom stereocenters. The molecule has 2 rings (SSSR count). The number of thiocarbonyl (C=S) groups is 1. The molecule has 0 aliphatic rings. The van der Waals surface area contributed by atoms with Crippen LogP contribution in [0.15, 0.2) is 36.7 Å². The molecular weight excluding hydrogens is 230 g/mol. The van der Waals surface area contributed by atoms with Gasteiger partial charge in [-0.15, -0.1) is 0 Å². The Kier molecular flexibility index (Phi) is 3.54. The molecule has 4 heteroatoms. The molecule has 0 amide bonds. The van der Waals surface area contributed by atoms with E-state index in [1.165, 1.54) is 11.1 Å². The summed E-state index contributed by atoms with van der Waals surface area (Å²) in [6.45, 7) is 2.90. The highest BCUT2D eigenvalue weighted by Crippen LogP contribution is 2.08. The van der Waals surface area contributed by atoms with E-state index in [-0.39, 0.29) is 0 Å². The number of aryl methyl sites for hydroxylation is 1. The van der Waals surface area contributed by atoms with Gasteiger partial charge >= 0.3 is 0 Å². The summed E-state index contributed by atoms with van der Waals surface area (Å²) in [6, 6.07) is 8.55. The summed E-state index contributed by atoms with van der Waals surface area (Å²) in [5.41, 5.74) is 8.17. The van der Waals surface area contributed by atoms with E-state index in [0.717, 1.165) is 13.0 Å². The first-order valence-electron chi connectivity index (χ1n) is 5.59. The van der Waals surface area contributed by atoms with E-state index in [9.17, 15) is 0 Å². The van der Waals surface area contributed by atoms with Crippen LogP contribution in [0.4, 0.5) is 0 Å². The smallest absolute Gasteiger partial charge is 0.167 e. The molecule has 0 saturated carbocycles. The first kappa shape index (κ1) is 11.8. The van der Waals surface area contributed by atoms with Crippen molar-refractivity contribution in [1.29, 1.82) is 0 Å². The van der Waals surface area contributed by atoms with Gasteiger partial charge in [-0.2, -0.15) is 0 Å². The normalized spacial score (nSPS) is 10.4. The van der Waals surface area contributed by atoms with Gasteiger partial charge in [-0.1, -0.05) is 43.4 Å². The standard InChI is InChI=1S/C13H15N3S/c1-2-10-3-5-11(6-4-10)9-16-8-7-15-13(16)12(14)17/h3-8H,2,9H2,1H3,(H2,14,17). The van der Waals surface area contributed by atoms with Gasteiger partial charge in [0.2, 0.25) is 0 Å². The third-order valence-corrected chi connectivity index (χ3v) is 2.90. The van der Waals surface area contributed by atoms with Crippen molar-refractivity contribution in [2.45, 2.75) is 19.9 Å². The number of aromatic nitrogens is 2. The van der Waals surface area contributed by atoms with E-state index in [0.29, 0.717) is 10.8 Å². The van der Waals surface area contributed by atoms with Gasteiger partial charge in [-0.25, -0.2) is 4.98 Å². The predicted molar refractivity (Wildman–Crippen MR) is 73.0 cm³/mol. The summed E-state index contributed by atoms with van der Waals surface area (Å²) in [7, 11) is 0. The summed E-state index contributed by atoms with van der Waals surface area (Å²) in [5.74, 6) is 0.666. The lowest BCUT2D eigenvalue weighted by Gasteiger charge is -2.07. The number of rotatable bonds is 4. The first-order chi connectivity index (χ1) is 8.20. The van der Waals surface area contributed by atoms with Crippen LogP contribution in [-0.4, -0.2) is 14.5 Å². The molecule has 0 fully saturated rings. The molecule has 1 heterocycles. The number of nitrogens with zero attached hydrogens (tertiary/aromatic N) is 2. The van der Waals surface area contributed by atoms with Crippen molar-refractivity contribution in [3.8, 4) is 0 Å². The third kappa shape index (κ3) is 2.71. The number of benzene rings is 1. The highest BCUT2D eigenvalue weighted by atomic mass is 32.1. The SMILES string of the molecule is CCc1ccc(Cn2ccnc2C(N)=S)cc1. The molecule has 1 aromatic heterocycles. The molecule has 1 aromatic carbocycles. The average Bonchev–Trinajstić information content (AvgIpc) is 2.78. The van der Waals surface area contributed by atoms with E-state index in [4.69, 9.17) is 18.0 Å². The Balaban J connectivity index is 2.19. The molecule has 3 nitrogen and oxygen atoms in total. The molecular formula is C13H15N3S. The summed E-state index contributed by atoms with van der Waals surface area (Å²) in [6.07, 6.45) is 4.67. The van der Waals surface area contributed by atoms with Gasteiger partial charge in [0.25, 0.3) is 0 Å². The fourth-order valence-electron chi connectivity index (χ4n) is 1.74. The van der Waals surface area contributed by atoms with Crippen LogP contribution in [0, 0.1) is 0 Å². The monoisotopic (exact) mass is 245 g/mol. The van der Waals surface area contributed by atoms with Gasteiger partial charge in [0, 0.05) is 18.9 Å². The lowest BCUT2D eigenvalue weighted by atomic mass is 10.1. The minimum Gasteiger partial charge on any atom is -0.387 e. The molecule has 0 bridgehead atoms. The fourth-order valence-corrected chi connectivity index (χ4v) is 1.91. The van der Waals surface area contributed by atoms with Crippen molar-refractivity contribution in [2.75, 3.05) is 0 Å². The second kappa shape index (κ2) is 5.10. The van der Waals surface area contributed by atoms with Crippen molar-refractivity contribution < 1.29 is 0 Å². The molecule has 0 spiro atoms. The Morgan fingerprint density at radius 1 is 1.29 bits per heavy atom. The number of imidazole rings is 1. The zero-order valence-corrected chi connectivity index (χ0v) is 10.6. The molecule has 0 saturated heterocycles. The lowest BCUT2D eigenvalue weighted by molar-refractivity contribution is 0.787. The Morgan fingerprint density at radius 2 is 1.94 bits per heavy atom. The second-order valence-electron chi connectivity index (χ2n) is 3.91.